The maximum atomic E-state index is 13.8. The zero-order valence-corrected chi connectivity index (χ0v) is 19.9. The molecule has 1 aromatic rings. The number of para-hydroxylation sites is 1. The third-order valence-electron chi connectivity index (χ3n) is 8.44. The fourth-order valence-corrected chi connectivity index (χ4v) is 7.55. The standard InChI is InChI=1S/C27H36N2O4/c1-18(2)29(22-7-4-3-5-8-22)24(30)17-33-25(31)23-9-6-10-28(23)26(32)27-14-19-11-20(15-27)13-21(12-19)16-27/h3-5,7-8,18-21,23H,6,9-17H2,1-2H3. The maximum Gasteiger partial charge on any atom is 0.329 e. The summed E-state index contributed by atoms with van der Waals surface area (Å²) >= 11 is 0. The highest BCUT2D eigenvalue weighted by Gasteiger charge is 2.57. The summed E-state index contributed by atoms with van der Waals surface area (Å²) in [5, 5.41) is 0. The summed E-state index contributed by atoms with van der Waals surface area (Å²) in [6, 6.07) is 8.82. The zero-order chi connectivity index (χ0) is 23.2. The maximum absolute atomic E-state index is 13.8. The first-order valence-electron chi connectivity index (χ1n) is 12.7. The first-order valence-corrected chi connectivity index (χ1v) is 12.7. The lowest BCUT2D eigenvalue weighted by atomic mass is 9.49. The lowest BCUT2D eigenvalue weighted by Crippen LogP contribution is -2.56. The second kappa shape index (κ2) is 8.77. The Kier molecular flexibility index (Phi) is 5.96. The van der Waals surface area contributed by atoms with Gasteiger partial charge in [-0.1, -0.05) is 18.2 Å². The first kappa shape index (κ1) is 22.4. The predicted octanol–water partition coefficient (Wildman–Crippen LogP) is 4.18. The van der Waals surface area contributed by atoms with Crippen molar-refractivity contribution in [2.45, 2.75) is 77.3 Å². The van der Waals surface area contributed by atoms with Gasteiger partial charge in [0.2, 0.25) is 5.91 Å². The van der Waals surface area contributed by atoms with Gasteiger partial charge in [0, 0.05) is 18.3 Å². The van der Waals surface area contributed by atoms with Crippen molar-refractivity contribution in [3.63, 3.8) is 0 Å². The number of benzene rings is 1. The molecule has 4 aliphatic carbocycles. The summed E-state index contributed by atoms with van der Waals surface area (Å²) in [7, 11) is 0. The number of anilines is 1. The van der Waals surface area contributed by atoms with Gasteiger partial charge in [-0.3, -0.25) is 9.59 Å². The van der Waals surface area contributed by atoms with Gasteiger partial charge in [0.15, 0.2) is 6.61 Å². The molecular formula is C27H36N2O4. The van der Waals surface area contributed by atoms with Crippen molar-refractivity contribution in [2.24, 2.45) is 23.2 Å². The van der Waals surface area contributed by atoms with E-state index in [1.165, 1.54) is 19.3 Å². The Morgan fingerprint density at radius 3 is 2.21 bits per heavy atom. The van der Waals surface area contributed by atoms with Crippen molar-refractivity contribution < 1.29 is 19.1 Å². The molecule has 4 saturated carbocycles. The van der Waals surface area contributed by atoms with Crippen LogP contribution < -0.4 is 4.90 Å². The second-order valence-corrected chi connectivity index (χ2v) is 11.2. The first-order chi connectivity index (χ1) is 15.9. The molecule has 6 nitrogen and oxygen atoms in total. The van der Waals surface area contributed by atoms with Gasteiger partial charge < -0.3 is 14.5 Å². The highest BCUT2D eigenvalue weighted by atomic mass is 16.5. The molecule has 4 bridgehead atoms. The Balaban J connectivity index is 1.23. The topological polar surface area (TPSA) is 66.9 Å². The molecule has 6 rings (SSSR count). The summed E-state index contributed by atoms with van der Waals surface area (Å²) in [6.45, 7) is 4.20. The molecule has 1 atom stereocenters. The summed E-state index contributed by atoms with van der Waals surface area (Å²) in [5.41, 5.74) is 0.530. The Morgan fingerprint density at radius 2 is 1.64 bits per heavy atom. The van der Waals surface area contributed by atoms with Gasteiger partial charge >= 0.3 is 5.97 Å². The molecule has 1 saturated heterocycles. The van der Waals surface area contributed by atoms with E-state index in [-0.39, 0.29) is 29.9 Å². The average Bonchev–Trinajstić information content (AvgIpc) is 3.26. The van der Waals surface area contributed by atoms with Gasteiger partial charge in [0.1, 0.15) is 6.04 Å². The van der Waals surface area contributed by atoms with Crippen LogP contribution in [0.2, 0.25) is 0 Å². The van der Waals surface area contributed by atoms with Crippen molar-refractivity contribution in [1.82, 2.24) is 4.90 Å². The molecule has 6 heteroatoms. The molecule has 5 fully saturated rings. The number of hydrogen-bond acceptors (Lipinski definition) is 4. The number of rotatable bonds is 6. The predicted molar refractivity (Wildman–Crippen MR) is 125 cm³/mol. The fraction of sp³-hybridized carbons (Fsp3) is 0.667. The zero-order valence-electron chi connectivity index (χ0n) is 19.9. The highest BCUT2D eigenvalue weighted by molar-refractivity contribution is 5.96. The van der Waals surface area contributed by atoms with E-state index in [1.807, 2.05) is 44.2 Å². The van der Waals surface area contributed by atoms with Crippen LogP contribution in [0.25, 0.3) is 0 Å². The number of ether oxygens (including phenoxy) is 1. The number of carbonyl (C=O) groups excluding carboxylic acids is 3. The van der Waals surface area contributed by atoms with E-state index in [0.29, 0.717) is 30.7 Å². The number of esters is 1. The molecule has 1 aromatic carbocycles. The van der Waals surface area contributed by atoms with Crippen LogP contribution in [0.4, 0.5) is 5.69 Å². The molecule has 178 valence electrons. The number of nitrogens with zero attached hydrogens (tertiary/aromatic N) is 2. The summed E-state index contributed by atoms with van der Waals surface area (Å²) in [4.78, 5) is 43.2. The van der Waals surface area contributed by atoms with E-state index >= 15 is 0 Å². The van der Waals surface area contributed by atoms with E-state index in [4.69, 9.17) is 4.74 Å². The lowest BCUT2D eigenvalue weighted by Gasteiger charge is -2.56. The lowest BCUT2D eigenvalue weighted by molar-refractivity contribution is -0.166. The summed E-state index contributed by atoms with van der Waals surface area (Å²) < 4.78 is 5.52. The molecule has 1 aliphatic heterocycles. The minimum absolute atomic E-state index is 0.0563. The molecule has 2 amide bonds. The van der Waals surface area contributed by atoms with Gasteiger partial charge in [-0.2, -0.15) is 0 Å². The monoisotopic (exact) mass is 452 g/mol. The fourth-order valence-electron chi connectivity index (χ4n) is 7.55. The van der Waals surface area contributed by atoms with Gasteiger partial charge in [-0.05, 0) is 95.1 Å². The summed E-state index contributed by atoms with van der Waals surface area (Å²) in [6.07, 6.45) is 8.28. The molecule has 33 heavy (non-hydrogen) atoms. The minimum Gasteiger partial charge on any atom is -0.454 e. The van der Waals surface area contributed by atoms with Gasteiger partial charge in [0.25, 0.3) is 5.91 Å². The van der Waals surface area contributed by atoms with Gasteiger partial charge in [-0.25, -0.2) is 4.79 Å². The van der Waals surface area contributed by atoms with Crippen LogP contribution in [0.1, 0.15) is 65.2 Å². The number of hydrogen-bond donors (Lipinski definition) is 0. The molecule has 1 unspecified atom stereocenters. The number of amides is 2. The van der Waals surface area contributed by atoms with Crippen LogP contribution in [-0.4, -0.2) is 47.9 Å². The quantitative estimate of drug-likeness (QED) is 0.608. The van der Waals surface area contributed by atoms with Crippen LogP contribution in [0, 0.1) is 23.2 Å². The van der Waals surface area contributed by atoms with Crippen molar-refractivity contribution in [3.8, 4) is 0 Å². The minimum atomic E-state index is -0.553. The normalized spacial score (nSPS) is 32.3. The largest absolute Gasteiger partial charge is 0.454 e. The molecule has 0 N–H and O–H groups in total. The van der Waals surface area contributed by atoms with Crippen LogP contribution >= 0.6 is 0 Å². The SMILES string of the molecule is CC(C)N(C(=O)COC(=O)C1CCCN1C(=O)C12CC3CC(CC(C3)C1)C2)c1ccccc1. The Bertz CT molecular complexity index is 877. The molecular weight excluding hydrogens is 416 g/mol. The Hall–Kier alpha value is -2.37. The van der Waals surface area contributed by atoms with Crippen LogP contribution in [0.15, 0.2) is 30.3 Å². The van der Waals surface area contributed by atoms with Crippen LogP contribution in [0.3, 0.4) is 0 Å². The molecule has 1 heterocycles. The van der Waals surface area contributed by atoms with Gasteiger partial charge in [0.05, 0.1) is 5.41 Å². The Morgan fingerprint density at radius 1 is 1.03 bits per heavy atom. The third kappa shape index (κ3) is 4.17. The van der Waals surface area contributed by atoms with Gasteiger partial charge in [-0.15, -0.1) is 0 Å². The van der Waals surface area contributed by atoms with Crippen molar-refractivity contribution in [1.29, 1.82) is 0 Å². The van der Waals surface area contributed by atoms with E-state index in [1.54, 1.807) is 9.80 Å². The molecule has 0 aromatic heterocycles. The molecule has 0 spiro atoms. The molecule has 0 radical (unpaired) electrons. The van der Waals surface area contributed by atoms with E-state index in [2.05, 4.69) is 0 Å². The van der Waals surface area contributed by atoms with Crippen molar-refractivity contribution in [3.05, 3.63) is 30.3 Å². The van der Waals surface area contributed by atoms with E-state index < -0.39 is 12.0 Å². The van der Waals surface area contributed by atoms with Crippen molar-refractivity contribution >= 4 is 23.5 Å². The second-order valence-electron chi connectivity index (χ2n) is 11.2. The number of likely N-dealkylation sites (tertiary alicyclic amines) is 1. The number of carbonyl (C=O) groups is 3. The molecule has 5 aliphatic rings. The van der Waals surface area contributed by atoms with E-state index in [0.717, 1.165) is 31.4 Å². The summed E-state index contributed by atoms with van der Waals surface area (Å²) in [5.74, 6) is 1.56. The van der Waals surface area contributed by atoms with Crippen molar-refractivity contribution in [2.75, 3.05) is 18.1 Å². The highest BCUT2D eigenvalue weighted by Crippen LogP contribution is 2.60. The smallest absolute Gasteiger partial charge is 0.329 e. The average molecular weight is 453 g/mol. The Labute approximate surface area is 196 Å². The van der Waals surface area contributed by atoms with E-state index in [9.17, 15) is 14.4 Å². The van der Waals surface area contributed by atoms with Crippen LogP contribution in [0.5, 0.6) is 0 Å². The van der Waals surface area contributed by atoms with Crippen LogP contribution in [-0.2, 0) is 19.1 Å². The third-order valence-corrected chi connectivity index (χ3v) is 8.44.